The van der Waals surface area contributed by atoms with E-state index in [1.54, 1.807) is 48.7 Å². The van der Waals surface area contributed by atoms with E-state index >= 15 is 0 Å². The van der Waals surface area contributed by atoms with Gasteiger partial charge in [0.2, 0.25) is 0 Å². The molecule has 0 spiro atoms. The molecule has 0 bridgehead atoms. The lowest BCUT2D eigenvalue weighted by atomic mass is 10.1. The summed E-state index contributed by atoms with van der Waals surface area (Å²) in [6.07, 6.45) is 3.09. The molecule has 0 fully saturated rings. The Morgan fingerprint density at radius 1 is 1.10 bits per heavy atom. The van der Waals surface area contributed by atoms with Crippen LogP contribution in [-0.4, -0.2) is 10.9 Å². The molecule has 29 heavy (non-hydrogen) atoms. The van der Waals surface area contributed by atoms with Crippen LogP contribution in [-0.2, 0) is 4.79 Å². The minimum atomic E-state index is -0.524. The first kappa shape index (κ1) is 18.5. The summed E-state index contributed by atoms with van der Waals surface area (Å²) in [6.45, 7) is 0. The molecule has 2 aromatic carbocycles. The van der Waals surface area contributed by atoms with Crippen molar-refractivity contribution in [3.05, 3.63) is 89.3 Å². The molecule has 4 aromatic rings. The number of benzene rings is 2. The molecule has 0 unspecified atom stereocenters. The van der Waals surface area contributed by atoms with E-state index in [4.69, 9.17) is 16.0 Å². The Hall–Kier alpha value is -3.88. The van der Waals surface area contributed by atoms with Gasteiger partial charge in [-0.25, -0.2) is 0 Å². The fraction of sp³-hybridized carbons (Fsp3) is 0. The minimum absolute atomic E-state index is 0.0714. The normalized spacial score (nSPS) is 11.2. The van der Waals surface area contributed by atoms with Crippen LogP contribution >= 0.6 is 11.6 Å². The van der Waals surface area contributed by atoms with E-state index in [9.17, 15) is 10.1 Å². The molecule has 5 nitrogen and oxygen atoms in total. The summed E-state index contributed by atoms with van der Waals surface area (Å²) < 4.78 is 5.75. The maximum Gasteiger partial charge on any atom is 0.266 e. The van der Waals surface area contributed by atoms with E-state index in [0.29, 0.717) is 22.2 Å². The molecule has 6 heteroatoms. The summed E-state index contributed by atoms with van der Waals surface area (Å²) in [5.41, 5.74) is 2.08. The highest BCUT2D eigenvalue weighted by molar-refractivity contribution is 6.30. The third kappa shape index (κ3) is 4.03. The molecule has 0 atom stereocenters. The van der Waals surface area contributed by atoms with Crippen LogP contribution in [0, 0.1) is 11.3 Å². The van der Waals surface area contributed by atoms with Crippen LogP contribution in [0.25, 0.3) is 28.3 Å². The first-order chi connectivity index (χ1) is 14.1. The monoisotopic (exact) mass is 399 g/mol. The third-order valence-electron chi connectivity index (χ3n) is 4.28. The van der Waals surface area contributed by atoms with Gasteiger partial charge in [-0.05, 0) is 48.5 Å². The predicted molar refractivity (Wildman–Crippen MR) is 113 cm³/mol. The van der Waals surface area contributed by atoms with Gasteiger partial charge < -0.3 is 9.73 Å². The van der Waals surface area contributed by atoms with E-state index < -0.39 is 5.91 Å². The largest absolute Gasteiger partial charge is 0.457 e. The Morgan fingerprint density at radius 3 is 2.79 bits per heavy atom. The van der Waals surface area contributed by atoms with Gasteiger partial charge in [-0.3, -0.25) is 9.78 Å². The predicted octanol–water partition coefficient (Wildman–Crippen LogP) is 5.69. The van der Waals surface area contributed by atoms with Crippen molar-refractivity contribution >= 4 is 40.2 Å². The molecule has 0 aliphatic carbocycles. The standard InChI is InChI=1S/C23H14ClN3O2/c24-17-5-1-4-15(12-17)22-10-9-18(29-22)13-16(14-25)23(28)27-21-8-2-7-20-19(21)6-3-11-26-20/h1-13H,(H,27,28)/b16-13-. The van der Waals surface area contributed by atoms with E-state index in [1.807, 2.05) is 30.3 Å². The number of furan rings is 1. The van der Waals surface area contributed by atoms with Gasteiger partial charge >= 0.3 is 0 Å². The zero-order valence-electron chi connectivity index (χ0n) is 15.1. The van der Waals surface area contributed by atoms with Crippen LogP contribution in [0.1, 0.15) is 5.76 Å². The van der Waals surface area contributed by atoms with Gasteiger partial charge in [-0.15, -0.1) is 0 Å². The lowest BCUT2D eigenvalue weighted by molar-refractivity contribution is -0.112. The molecule has 2 heterocycles. The van der Waals surface area contributed by atoms with Crippen LogP contribution in [0.3, 0.4) is 0 Å². The number of nitrogens with zero attached hydrogens (tertiary/aromatic N) is 2. The van der Waals surface area contributed by atoms with Crippen LogP contribution in [0.15, 0.2) is 82.9 Å². The number of aromatic nitrogens is 1. The molecule has 0 aliphatic heterocycles. The molecule has 4 rings (SSSR count). The van der Waals surface area contributed by atoms with Crippen molar-refractivity contribution in [2.75, 3.05) is 5.32 Å². The Bertz CT molecular complexity index is 1280. The number of hydrogen-bond donors (Lipinski definition) is 1. The van der Waals surface area contributed by atoms with Crippen LogP contribution < -0.4 is 5.32 Å². The smallest absolute Gasteiger partial charge is 0.266 e. The summed E-state index contributed by atoms with van der Waals surface area (Å²) in [7, 11) is 0. The van der Waals surface area contributed by atoms with Gasteiger partial charge in [0.1, 0.15) is 23.2 Å². The number of nitriles is 1. The highest BCUT2D eigenvalue weighted by Crippen LogP contribution is 2.26. The van der Waals surface area contributed by atoms with Crippen molar-refractivity contribution in [1.82, 2.24) is 4.98 Å². The van der Waals surface area contributed by atoms with Crippen LogP contribution in [0.5, 0.6) is 0 Å². The number of amides is 1. The summed E-state index contributed by atoms with van der Waals surface area (Å²) in [4.78, 5) is 16.9. The van der Waals surface area contributed by atoms with Gasteiger partial charge in [-0.1, -0.05) is 29.8 Å². The molecular formula is C23H14ClN3O2. The third-order valence-corrected chi connectivity index (χ3v) is 4.52. The Labute approximate surface area is 171 Å². The Kier molecular flexibility index (Phi) is 5.10. The van der Waals surface area contributed by atoms with E-state index in [0.717, 1.165) is 16.5 Å². The maximum absolute atomic E-state index is 12.6. The average molecular weight is 400 g/mol. The molecule has 0 saturated carbocycles. The SMILES string of the molecule is N#C/C(=C/c1ccc(-c2cccc(Cl)c2)o1)C(=O)Nc1cccc2ncccc12. The Morgan fingerprint density at radius 2 is 1.97 bits per heavy atom. The number of pyridine rings is 1. The average Bonchev–Trinajstić information content (AvgIpc) is 3.21. The van der Waals surface area contributed by atoms with Crippen molar-refractivity contribution in [2.24, 2.45) is 0 Å². The number of hydrogen-bond acceptors (Lipinski definition) is 4. The van der Waals surface area contributed by atoms with Gasteiger partial charge in [0.25, 0.3) is 5.91 Å². The number of nitrogens with one attached hydrogen (secondary N) is 1. The second-order valence-electron chi connectivity index (χ2n) is 6.21. The van der Waals surface area contributed by atoms with Crippen molar-refractivity contribution in [3.8, 4) is 17.4 Å². The van der Waals surface area contributed by atoms with Gasteiger partial charge in [0.15, 0.2) is 0 Å². The first-order valence-corrected chi connectivity index (χ1v) is 9.14. The fourth-order valence-corrected chi connectivity index (χ4v) is 3.11. The molecule has 0 aliphatic rings. The number of halogens is 1. The Balaban J connectivity index is 1.59. The van der Waals surface area contributed by atoms with Gasteiger partial charge in [0, 0.05) is 28.2 Å². The number of fused-ring (bicyclic) bond motifs is 1. The second-order valence-corrected chi connectivity index (χ2v) is 6.65. The van der Waals surface area contributed by atoms with Gasteiger partial charge in [-0.2, -0.15) is 5.26 Å². The summed E-state index contributed by atoms with van der Waals surface area (Å²) >= 11 is 6.01. The zero-order valence-corrected chi connectivity index (χ0v) is 15.9. The molecule has 1 amide bonds. The fourth-order valence-electron chi connectivity index (χ4n) is 2.92. The lowest BCUT2D eigenvalue weighted by Crippen LogP contribution is -2.13. The number of carbonyl (C=O) groups is 1. The molecular weight excluding hydrogens is 386 g/mol. The van der Waals surface area contributed by atoms with Crippen molar-refractivity contribution < 1.29 is 9.21 Å². The van der Waals surface area contributed by atoms with Crippen LogP contribution in [0.2, 0.25) is 5.02 Å². The lowest BCUT2D eigenvalue weighted by Gasteiger charge is -2.07. The number of anilines is 1. The second kappa shape index (κ2) is 8.01. The zero-order chi connectivity index (χ0) is 20.2. The summed E-state index contributed by atoms with van der Waals surface area (Å²) in [5.74, 6) is 0.465. The van der Waals surface area contributed by atoms with Crippen molar-refractivity contribution in [3.63, 3.8) is 0 Å². The molecule has 0 radical (unpaired) electrons. The molecule has 0 saturated heterocycles. The van der Waals surface area contributed by atoms with Crippen molar-refractivity contribution in [2.45, 2.75) is 0 Å². The number of rotatable bonds is 4. The minimum Gasteiger partial charge on any atom is -0.457 e. The van der Waals surface area contributed by atoms with Crippen molar-refractivity contribution in [1.29, 1.82) is 5.26 Å². The van der Waals surface area contributed by atoms with Crippen LogP contribution in [0.4, 0.5) is 5.69 Å². The van der Waals surface area contributed by atoms with E-state index in [-0.39, 0.29) is 5.57 Å². The maximum atomic E-state index is 12.6. The summed E-state index contributed by atoms with van der Waals surface area (Å²) in [5, 5.41) is 13.6. The molecule has 2 aromatic heterocycles. The summed E-state index contributed by atoms with van der Waals surface area (Å²) in [6, 6.07) is 21.7. The molecule has 140 valence electrons. The number of carbonyl (C=O) groups excluding carboxylic acids is 1. The van der Waals surface area contributed by atoms with E-state index in [1.165, 1.54) is 6.08 Å². The highest BCUT2D eigenvalue weighted by Gasteiger charge is 2.13. The highest BCUT2D eigenvalue weighted by atomic mass is 35.5. The molecule has 1 N–H and O–H groups in total. The topological polar surface area (TPSA) is 78.9 Å². The first-order valence-electron chi connectivity index (χ1n) is 8.77. The quantitative estimate of drug-likeness (QED) is 0.353. The van der Waals surface area contributed by atoms with Gasteiger partial charge in [0.05, 0.1) is 11.2 Å². The van der Waals surface area contributed by atoms with E-state index in [2.05, 4.69) is 10.3 Å².